The third-order valence-corrected chi connectivity index (χ3v) is 5.01. The number of halogens is 2. The second-order valence-corrected chi connectivity index (χ2v) is 6.97. The van der Waals surface area contributed by atoms with Gasteiger partial charge in [-0.25, -0.2) is 4.39 Å². The molecule has 0 bridgehead atoms. The molecule has 0 aliphatic rings. The SMILES string of the molecule is CCSc1ccc(C(Cc2ccc(F)cc2Br)NC)cc1. The van der Waals surface area contributed by atoms with Gasteiger partial charge in [0.1, 0.15) is 5.82 Å². The zero-order valence-electron chi connectivity index (χ0n) is 12.2. The Labute approximate surface area is 138 Å². The summed E-state index contributed by atoms with van der Waals surface area (Å²) in [5, 5.41) is 3.34. The Morgan fingerprint density at radius 2 is 1.90 bits per heavy atom. The van der Waals surface area contributed by atoms with Crippen molar-refractivity contribution in [3.8, 4) is 0 Å². The highest BCUT2D eigenvalue weighted by atomic mass is 79.9. The highest BCUT2D eigenvalue weighted by molar-refractivity contribution is 9.10. The lowest BCUT2D eigenvalue weighted by Crippen LogP contribution is -2.19. The molecule has 0 amide bonds. The quantitative estimate of drug-likeness (QED) is 0.703. The molecule has 0 heterocycles. The highest BCUT2D eigenvalue weighted by Gasteiger charge is 2.12. The first-order valence-corrected chi connectivity index (χ1v) is 8.76. The van der Waals surface area contributed by atoms with Crippen LogP contribution in [0.4, 0.5) is 4.39 Å². The van der Waals surface area contributed by atoms with Gasteiger partial charge in [0.05, 0.1) is 0 Å². The fourth-order valence-electron chi connectivity index (χ4n) is 2.26. The van der Waals surface area contributed by atoms with Gasteiger partial charge in [-0.05, 0) is 54.6 Å². The molecule has 0 fully saturated rings. The molecule has 21 heavy (non-hydrogen) atoms. The van der Waals surface area contributed by atoms with Crippen molar-refractivity contribution >= 4 is 27.7 Å². The van der Waals surface area contributed by atoms with E-state index in [1.165, 1.54) is 22.6 Å². The molecule has 1 unspecified atom stereocenters. The van der Waals surface area contributed by atoms with Crippen LogP contribution in [0.5, 0.6) is 0 Å². The summed E-state index contributed by atoms with van der Waals surface area (Å²) in [7, 11) is 1.96. The topological polar surface area (TPSA) is 12.0 Å². The highest BCUT2D eigenvalue weighted by Crippen LogP contribution is 2.26. The van der Waals surface area contributed by atoms with Gasteiger partial charge in [-0.15, -0.1) is 11.8 Å². The van der Waals surface area contributed by atoms with E-state index in [0.717, 1.165) is 22.2 Å². The minimum Gasteiger partial charge on any atom is -0.313 e. The van der Waals surface area contributed by atoms with Crippen molar-refractivity contribution in [2.75, 3.05) is 12.8 Å². The van der Waals surface area contributed by atoms with E-state index in [4.69, 9.17) is 0 Å². The molecular formula is C17H19BrFNS. The molecule has 112 valence electrons. The van der Waals surface area contributed by atoms with E-state index in [2.05, 4.69) is 52.4 Å². The minimum atomic E-state index is -0.215. The smallest absolute Gasteiger partial charge is 0.124 e. The molecule has 0 aliphatic carbocycles. The standard InChI is InChI=1S/C17H19BrFNS/c1-3-21-15-8-5-12(6-9-15)17(20-2)10-13-4-7-14(19)11-16(13)18/h4-9,11,17,20H,3,10H2,1-2H3. The van der Waals surface area contributed by atoms with E-state index in [0.29, 0.717) is 0 Å². The first-order valence-electron chi connectivity index (χ1n) is 6.98. The Kier molecular flexibility index (Phi) is 6.27. The number of thioether (sulfide) groups is 1. The number of hydrogen-bond acceptors (Lipinski definition) is 2. The maximum Gasteiger partial charge on any atom is 0.124 e. The molecule has 0 spiro atoms. The van der Waals surface area contributed by atoms with Gasteiger partial charge in [-0.2, -0.15) is 0 Å². The van der Waals surface area contributed by atoms with Gasteiger partial charge in [-0.3, -0.25) is 0 Å². The Balaban J connectivity index is 2.15. The second-order valence-electron chi connectivity index (χ2n) is 4.78. The molecule has 0 radical (unpaired) electrons. The van der Waals surface area contributed by atoms with Crippen LogP contribution < -0.4 is 5.32 Å². The van der Waals surface area contributed by atoms with Crippen LogP contribution in [0.3, 0.4) is 0 Å². The van der Waals surface area contributed by atoms with Gasteiger partial charge in [0, 0.05) is 15.4 Å². The molecule has 4 heteroatoms. The van der Waals surface area contributed by atoms with Crippen molar-refractivity contribution in [3.05, 3.63) is 63.9 Å². The van der Waals surface area contributed by atoms with Crippen LogP contribution in [-0.4, -0.2) is 12.8 Å². The summed E-state index contributed by atoms with van der Waals surface area (Å²) < 4.78 is 14.0. The van der Waals surface area contributed by atoms with Gasteiger partial charge in [-0.1, -0.05) is 41.1 Å². The predicted octanol–water partition coefficient (Wildman–Crippen LogP) is 5.20. The lowest BCUT2D eigenvalue weighted by Gasteiger charge is -2.18. The Morgan fingerprint density at radius 3 is 2.48 bits per heavy atom. The van der Waals surface area contributed by atoms with Crippen LogP contribution in [0.15, 0.2) is 51.8 Å². The van der Waals surface area contributed by atoms with E-state index >= 15 is 0 Å². The second kappa shape index (κ2) is 7.97. The molecule has 0 aliphatic heterocycles. The molecule has 1 nitrogen and oxygen atoms in total. The summed E-state index contributed by atoms with van der Waals surface area (Å²) in [6, 6.07) is 13.7. The number of benzene rings is 2. The Bertz CT molecular complexity index is 586. The van der Waals surface area contributed by atoms with Crippen LogP contribution in [0.2, 0.25) is 0 Å². The number of nitrogens with one attached hydrogen (secondary N) is 1. The molecule has 0 saturated carbocycles. The Morgan fingerprint density at radius 1 is 1.19 bits per heavy atom. The van der Waals surface area contributed by atoms with Crippen molar-refractivity contribution in [1.29, 1.82) is 0 Å². The monoisotopic (exact) mass is 367 g/mol. The van der Waals surface area contributed by atoms with Crippen molar-refractivity contribution in [2.24, 2.45) is 0 Å². The van der Waals surface area contributed by atoms with E-state index in [-0.39, 0.29) is 11.9 Å². The Hall–Kier alpha value is -0.840. The minimum absolute atomic E-state index is 0.215. The van der Waals surface area contributed by atoms with Crippen LogP contribution in [0, 0.1) is 5.82 Å². The van der Waals surface area contributed by atoms with Crippen LogP contribution in [0.1, 0.15) is 24.1 Å². The zero-order valence-corrected chi connectivity index (χ0v) is 14.6. The summed E-state index contributed by atoms with van der Waals surface area (Å²) in [5.41, 5.74) is 2.34. The van der Waals surface area contributed by atoms with Crippen LogP contribution in [0.25, 0.3) is 0 Å². The molecule has 2 aromatic rings. The van der Waals surface area contributed by atoms with Gasteiger partial charge in [0.15, 0.2) is 0 Å². The van der Waals surface area contributed by atoms with Crippen molar-refractivity contribution in [3.63, 3.8) is 0 Å². The normalized spacial score (nSPS) is 12.4. The molecule has 1 atom stereocenters. The van der Waals surface area contributed by atoms with Gasteiger partial charge >= 0.3 is 0 Å². The third kappa shape index (κ3) is 4.56. The molecule has 0 aromatic heterocycles. The molecule has 0 saturated heterocycles. The van der Waals surface area contributed by atoms with E-state index in [1.54, 1.807) is 0 Å². The van der Waals surface area contributed by atoms with Crippen LogP contribution in [-0.2, 0) is 6.42 Å². The maximum absolute atomic E-state index is 13.2. The number of rotatable bonds is 6. The van der Waals surface area contributed by atoms with Gasteiger partial charge in [0.25, 0.3) is 0 Å². The van der Waals surface area contributed by atoms with Crippen LogP contribution >= 0.6 is 27.7 Å². The van der Waals surface area contributed by atoms with Crippen molar-refractivity contribution in [1.82, 2.24) is 5.32 Å². The summed E-state index contributed by atoms with van der Waals surface area (Å²) in [4.78, 5) is 1.29. The fraction of sp³-hybridized carbons (Fsp3) is 0.294. The first kappa shape index (κ1) is 16.5. The lowest BCUT2D eigenvalue weighted by atomic mass is 9.99. The summed E-state index contributed by atoms with van der Waals surface area (Å²) in [6.45, 7) is 2.15. The molecule has 2 aromatic carbocycles. The fourth-order valence-corrected chi connectivity index (χ4v) is 3.43. The van der Waals surface area contributed by atoms with Gasteiger partial charge < -0.3 is 5.32 Å². The van der Waals surface area contributed by atoms with E-state index < -0.39 is 0 Å². The lowest BCUT2D eigenvalue weighted by molar-refractivity contribution is 0.587. The van der Waals surface area contributed by atoms with E-state index in [1.807, 2.05) is 24.9 Å². The van der Waals surface area contributed by atoms with E-state index in [9.17, 15) is 4.39 Å². The predicted molar refractivity (Wildman–Crippen MR) is 92.4 cm³/mol. The summed E-state index contributed by atoms with van der Waals surface area (Å²) in [5.74, 6) is 0.865. The molecule has 1 N–H and O–H groups in total. The largest absolute Gasteiger partial charge is 0.313 e. The number of likely N-dealkylation sites (N-methyl/N-ethyl adjacent to an activating group) is 1. The van der Waals surface area contributed by atoms with Gasteiger partial charge in [0.2, 0.25) is 0 Å². The number of hydrogen-bond donors (Lipinski definition) is 1. The van der Waals surface area contributed by atoms with Crippen molar-refractivity contribution in [2.45, 2.75) is 24.3 Å². The maximum atomic E-state index is 13.2. The third-order valence-electron chi connectivity index (χ3n) is 3.38. The molecular weight excluding hydrogens is 349 g/mol. The summed E-state index contributed by atoms with van der Waals surface area (Å²) in [6.07, 6.45) is 0.817. The average molecular weight is 368 g/mol. The average Bonchev–Trinajstić information content (AvgIpc) is 2.48. The zero-order chi connectivity index (χ0) is 15.2. The van der Waals surface area contributed by atoms with Crippen molar-refractivity contribution < 1.29 is 4.39 Å². The summed E-state index contributed by atoms with van der Waals surface area (Å²) >= 11 is 5.28. The first-order chi connectivity index (χ1) is 10.1. The molecule has 2 rings (SSSR count).